The highest BCUT2D eigenvalue weighted by atomic mass is 16.3. The van der Waals surface area contributed by atoms with Crippen molar-refractivity contribution in [3.8, 4) is 0 Å². The van der Waals surface area contributed by atoms with Crippen molar-refractivity contribution >= 4 is 5.91 Å². The van der Waals surface area contributed by atoms with Crippen LogP contribution in [0.5, 0.6) is 0 Å². The Balaban J connectivity index is 1.89. The summed E-state index contributed by atoms with van der Waals surface area (Å²) in [6.45, 7) is 12.9. The van der Waals surface area contributed by atoms with Crippen molar-refractivity contribution in [2.24, 2.45) is 11.8 Å². The van der Waals surface area contributed by atoms with E-state index in [1.54, 1.807) is 0 Å². The van der Waals surface area contributed by atoms with Crippen molar-refractivity contribution in [2.75, 3.05) is 6.54 Å². The summed E-state index contributed by atoms with van der Waals surface area (Å²) in [6.07, 6.45) is 0.677. The molecule has 1 N–H and O–H groups in total. The second kappa shape index (κ2) is 6.22. The number of likely N-dealkylation sites (tertiary alicyclic amines) is 1. The van der Waals surface area contributed by atoms with Crippen LogP contribution in [-0.2, 0) is 17.9 Å². The molecule has 1 aromatic rings. The van der Waals surface area contributed by atoms with E-state index in [1.165, 1.54) is 0 Å². The van der Waals surface area contributed by atoms with E-state index in [0.29, 0.717) is 31.3 Å². The first-order valence-electron chi connectivity index (χ1n) is 7.85. The first-order chi connectivity index (χ1) is 9.74. The molecule has 0 aliphatic carbocycles. The Labute approximate surface area is 127 Å². The third-order valence-electron chi connectivity index (χ3n) is 4.04. The molecule has 1 aliphatic rings. The maximum atomic E-state index is 12.0. The van der Waals surface area contributed by atoms with Gasteiger partial charge in [0.15, 0.2) is 0 Å². The molecule has 0 saturated carbocycles. The average molecular weight is 292 g/mol. The normalized spacial score (nSPS) is 19.8. The van der Waals surface area contributed by atoms with Gasteiger partial charge >= 0.3 is 0 Å². The number of amides is 1. The fourth-order valence-electron chi connectivity index (χ4n) is 2.54. The van der Waals surface area contributed by atoms with Gasteiger partial charge in [0.25, 0.3) is 0 Å². The highest BCUT2D eigenvalue weighted by molar-refractivity contribution is 5.78. The van der Waals surface area contributed by atoms with E-state index in [1.807, 2.05) is 17.0 Å². The molecule has 4 nitrogen and oxygen atoms in total. The molecule has 2 rings (SSSR count). The molecule has 118 valence electrons. The van der Waals surface area contributed by atoms with E-state index in [9.17, 15) is 4.79 Å². The zero-order valence-electron chi connectivity index (χ0n) is 13.9. The highest BCUT2D eigenvalue weighted by Crippen LogP contribution is 2.26. The molecule has 1 aliphatic heterocycles. The standard InChI is InChI=1S/C17H28N2O2/c1-12(2)13-8-16(20)19(10-13)11-15-7-6-14(21-15)9-18-17(3,4)5/h6-7,12-13,18H,8-11H2,1-5H3. The zero-order valence-corrected chi connectivity index (χ0v) is 13.9. The molecule has 21 heavy (non-hydrogen) atoms. The molecule has 0 radical (unpaired) electrons. The van der Waals surface area contributed by atoms with Gasteiger partial charge in [-0.05, 0) is 44.7 Å². The molecule has 2 heterocycles. The Morgan fingerprint density at radius 1 is 1.33 bits per heavy atom. The average Bonchev–Trinajstić information content (AvgIpc) is 2.94. The lowest BCUT2D eigenvalue weighted by Crippen LogP contribution is -2.34. The van der Waals surface area contributed by atoms with Crippen LogP contribution in [0.25, 0.3) is 0 Å². The summed E-state index contributed by atoms with van der Waals surface area (Å²) < 4.78 is 5.83. The Kier molecular flexibility index (Phi) is 4.77. The van der Waals surface area contributed by atoms with Crippen LogP contribution in [0.1, 0.15) is 52.6 Å². The second-order valence-electron chi connectivity index (χ2n) is 7.45. The summed E-state index contributed by atoms with van der Waals surface area (Å²) in [5.41, 5.74) is 0.0718. The maximum absolute atomic E-state index is 12.0. The third kappa shape index (κ3) is 4.60. The monoisotopic (exact) mass is 292 g/mol. The van der Waals surface area contributed by atoms with E-state index in [0.717, 1.165) is 18.1 Å². The van der Waals surface area contributed by atoms with Gasteiger partial charge in [-0.25, -0.2) is 0 Å². The lowest BCUT2D eigenvalue weighted by atomic mass is 9.95. The van der Waals surface area contributed by atoms with Crippen LogP contribution in [0.3, 0.4) is 0 Å². The number of hydrogen-bond donors (Lipinski definition) is 1. The van der Waals surface area contributed by atoms with Crippen molar-refractivity contribution in [2.45, 2.75) is 59.7 Å². The van der Waals surface area contributed by atoms with Gasteiger partial charge < -0.3 is 14.6 Å². The topological polar surface area (TPSA) is 45.5 Å². The molecule has 0 spiro atoms. The van der Waals surface area contributed by atoms with Crippen LogP contribution in [0.2, 0.25) is 0 Å². The molecular formula is C17H28N2O2. The number of nitrogens with zero attached hydrogens (tertiary/aromatic N) is 1. The van der Waals surface area contributed by atoms with E-state index < -0.39 is 0 Å². The van der Waals surface area contributed by atoms with Gasteiger partial charge in [0.05, 0.1) is 13.1 Å². The number of hydrogen-bond acceptors (Lipinski definition) is 3. The molecule has 1 fully saturated rings. The molecule has 1 atom stereocenters. The summed E-state index contributed by atoms with van der Waals surface area (Å²) in [4.78, 5) is 14.0. The Bertz CT molecular complexity index is 485. The number of nitrogens with one attached hydrogen (secondary N) is 1. The van der Waals surface area contributed by atoms with E-state index in [-0.39, 0.29) is 11.4 Å². The van der Waals surface area contributed by atoms with Crippen molar-refractivity contribution < 1.29 is 9.21 Å². The molecule has 0 bridgehead atoms. The van der Waals surface area contributed by atoms with E-state index in [2.05, 4.69) is 39.9 Å². The number of carbonyl (C=O) groups is 1. The van der Waals surface area contributed by atoms with Crippen LogP contribution < -0.4 is 5.32 Å². The van der Waals surface area contributed by atoms with Crippen LogP contribution in [-0.4, -0.2) is 22.9 Å². The smallest absolute Gasteiger partial charge is 0.223 e. The fraction of sp³-hybridized carbons (Fsp3) is 0.706. The van der Waals surface area contributed by atoms with Crippen LogP contribution in [0.4, 0.5) is 0 Å². The van der Waals surface area contributed by atoms with Crippen LogP contribution >= 0.6 is 0 Å². The minimum absolute atomic E-state index is 0.0718. The second-order valence-corrected chi connectivity index (χ2v) is 7.45. The molecule has 4 heteroatoms. The van der Waals surface area contributed by atoms with Gasteiger partial charge in [0.2, 0.25) is 5.91 Å². The first kappa shape index (κ1) is 16.1. The lowest BCUT2D eigenvalue weighted by molar-refractivity contribution is -0.128. The van der Waals surface area contributed by atoms with E-state index in [4.69, 9.17) is 4.42 Å². The zero-order chi connectivity index (χ0) is 15.6. The van der Waals surface area contributed by atoms with Gasteiger partial charge in [-0.2, -0.15) is 0 Å². The van der Waals surface area contributed by atoms with E-state index >= 15 is 0 Å². The predicted molar refractivity (Wildman–Crippen MR) is 83.7 cm³/mol. The van der Waals surface area contributed by atoms with Gasteiger partial charge in [-0.1, -0.05) is 13.8 Å². The highest BCUT2D eigenvalue weighted by Gasteiger charge is 2.31. The van der Waals surface area contributed by atoms with Crippen molar-refractivity contribution in [1.82, 2.24) is 10.2 Å². The molecule has 0 aromatic carbocycles. The number of rotatable bonds is 5. The largest absolute Gasteiger partial charge is 0.463 e. The molecule has 1 saturated heterocycles. The first-order valence-corrected chi connectivity index (χ1v) is 7.85. The summed E-state index contributed by atoms with van der Waals surface area (Å²) in [5.74, 6) is 3.08. The molecule has 1 aromatic heterocycles. The lowest BCUT2D eigenvalue weighted by Gasteiger charge is -2.19. The van der Waals surface area contributed by atoms with Gasteiger partial charge in [-0.3, -0.25) is 4.79 Å². The minimum atomic E-state index is 0.0718. The van der Waals surface area contributed by atoms with Gasteiger partial charge in [-0.15, -0.1) is 0 Å². The summed E-state index contributed by atoms with van der Waals surface area (Å²) in [5, 5.41) is 3.40. The van der Waals surface area contributed by atoms with Crippen LogP contribution in [0, 0.1) is 11.8 Å². The number of furan rings is 1. The van der Waals surface area contributed by atoms with Crippen molar-refractivity contribution in [3.05, 3.63) is 23.7 Å². The number of carbonyl (C=O) groups excluding carboxylic acids is 1. The third-order valence-corrected chi connectivity index (χ3v) is 4.04. The molecular weight excluding hydrogens is 264 g/mol. The van der Waals surface area contributed by atoms with Crippen LogP contribution in [0.15, 0.2) is 16.5 Å². The summed E-state index contributed by atoms with van der Waals surface area (Å²) in [7, 11) is 0. The maximum Gasteiger partial charge on any atom is 0.223 e. The van der Waals surface area contributed by atoms with Gasteiger partial charge in [0.1, 0.15) is 11.5 Å². The summed E-state index contributed by atoms with van der Waals surface area (Å²) in [6, 6.07) is 3.98. The Hall–Kier alpha value is -1.29. The SMILES string of the molecule is CC(C)C1CC(=O)N(Cc2ccc(CNC(C)(C)C)o2)C1. The minimum Gasteiger partial charge on any atom is -0.463 e. The fourth-order valence-corrected chi connectivity index (χ4v) is 2.54. The quantitative estimate of drug-likeness (QED) is 0.906. The van der Waals surface area contributed by atoms with Crippen molar-refractivity contribution in [3.63, 3.8) is 0 Å². The predicted octanol–water partition coefficient (Wildman–Crippen LogP) is 3.17. The summed E-state index contributed by atoms with van der Waals surface area (Å²) >= 11 is 0. The Morgan fingerprint density at radius 3 is 2.57 bits per heavy atom. The van der Waals surface area contributed by atoms with Gasteiger partial charge in [0, 0.05) is 18.5 Å². The van der Waals surface area contributed by atoms with Crippen molar-refractivity contribution in [1.29, 1.82) is 0 Å². The Morgan fingerprint density at radius 2 is 2.00 bits per heavy atom. The molecule has 1 unspecified atom stereocenters. The molecule has 1 amide bonds.